The first-order valence-electron chi connectivity index (χ1n) is 7.25. The van der Waals surface area contributed by atoms with Gasteiger partial charge in [0, 0.05) is 0 Å². The van der Waals surface area contributed by atoms with Gasteiger partial charge in [-0.05, 0) is 37.8 Å². The van der Waals surface area contributed by atoms with Crippen LogP contribution in [0, 0.1) is 6.92 Å². The summed E-state index contributed by atoms with van der Waals surface area (Å²) >= 11 is 0. The van der Waals surface area contributed by atoms with Gasteiger partial charge in [0.25, 0.3) is 0 Å². The van der Waals surface area contributed by atoms with Crippen LogP contribution >= 0.6 is 0 Å². The molecular weight excluding hydrogens is 240 g/mol. The van der Waals surface area contributed by atoms with Crippen molar-refractivity contribution in [3.05, 3.63) is 76.9 Å². The Hall–Kier alpha value is -1.82. The minimum atomic E-state index is 0.653. The summed E-state index contributed by atoms with van der Waals surface area (Å²) in [5.74, 6) is 0.653. The van der Waals surface area contributed by atoms with E-state index in [0.717, 1.165) is 0 Å². The largest absolute Gasteiger partial charge is 0.0758 e. The smallest absolute Gasteiger partial charge is 0.0219 e. The molecule has 20 heavy (non-hydrogen) atoms. The summed E-state index contributed by atoms with van der Waals surface area (Å²) in [5, 5.41) is 0. The van der Waals surface area contributed by atoms with Crippen LogP contribution in [0.25, 0.3) is 6.08 Å². The van der Waals surface area contributed by atoms with E-state index in [4.69, 9.17) is 0 Å². The third-order valence-corrected chi connectivity index (χ3v) is 3.00. The second-order valence-corrected chi connectivity index (χ2v) is 5.70. The molecule has 2 aromatic carbocycles. The van der Waals surface area contributed by atoms with E-state index in [-0.39, 0.29) is 0 Å². The second-order valence-electron chi connectivity index (χ2n) is 5.70. The van der Waals surface area contributed by atoms with E-state index >= 15 is 0 Å². The van der Waals surface area contributed by atoms with Crippen LogP contribution < -0.4 is 0 Å². The molecule has 0 atom stereocenters. The number of benzene rings is 2. The lowest BCUT2D eigenvalue weighted by Gasteiger charge is -2.03. The van der Waals surface area contributed by atoms with Crippen molar-refractivity contribution in [3.63, 3.8) is 0 Å². The van der Waals surface area contributed by atoms with E-state index in [0.29, 0.717) is 5.92 Å². The SMILES string of the molecule is CC(C)=Cc1ccccc1.Cc1ccc(C(C)C)cc1. The molecule has 0 aliphatic carbocycles. The zero-order valence-corrected chi connectivity index (χ0v) is 13.4. The van der Waals surface area contributed by atoms with Crippen LogP contribution in [0.3, 0.4) is 0 Å². The van der Waals surface area contributed by atoms with Crippen LogP contribution in [-0.2, 0) is 0 Å². The minimum Gasteiger partial charge on any atom is -0.0758 e. The van der Waals surface area contributed by atoms with Gasteiger partial charge in [-0.25, -0.2) is 0 Å². The predicted octanol–water partition coefficient (Wildman–Crippen LogP) is 6.23. The number of hydrogen-bond acceptors (Lipinski definition) is 0. The standard InChI is InChI=1S/C10H14.C10H12/c1-8(2)10-6-4-9(3)5-7-10;1-9(2)8-10-6-4-3-5-7-10/h4-8H,1-3H3;3-8H,1-2H3. The molecule has 0 N–H and O–H groups in total. The van der Waals surface area contributed by atoms with Gasteiger partial charge in [0.05, 0.1) is 0 Å². The Labute approximate surface area is 124 Å². The van der Waals surface area contributed by atoms with E-state index < -0.39 is 0 Å². The Morgan fingerprint density at radius 3 is 1.85 bits per heavy atom. The van der Waals surface area contributed by atoms with E-state index in [1.165, 1.54) is 22.3 Å². The Morgan fingerprint density at radius 1 is 0.850 bits per heavy atom. The third-order valence-electron chi connectivity index (χ3n) is 3.00. The molecule has 2 aromatic rings. The summed E-state index contributed by atoms with van der Waals surface area (Å²) < 4.78 is 0. The molecule has 0 heteroatoms. The van der Waals surface area contributed by atoms with Crippen LogP contribution in [0.2, 0.25) is 0 Å². The van der Waals surface area contributed by atoms with Crippen LogP contribution in [0.15, 0.2) is 60.2 Å². The summed E-state index contributed by atoms with van der Waals surface area (Å²) in [7, 11) is 0. The highest BCUT2D eigenvalue weighted by Gasteiger charge is 1.95. The lowest BCUT2D eigenvalue weighted by Crippen LogP contribution is -1.85. The van der Waals surface area contributed by atoms with Gasteiger partial charge in [-0.3, -0.25) is 0 Å². The highest BCUT2D eigenvalue weighted by molar-refractivity contribution is 5.51. The molecule has 106 valence electrons. The van der Waals surface area contributed by atoms with Crippen molar-refractivity contribution in [2.45, 2.75) is 40.5 Å². The molecule has 2 rings (SSSR count). The fraction of sp³-hybridized carbons (Fsp3) is 0.300. The van der Waals surface area contributed by atoms with Gasteiger partial charge in [-0.1, -0.05) is 85.7 Å². The molecule has 0 heterocycles. The number of hydrogen-bond donors (Lipinski definition) is 0. The fourth-order valence-electron chi connectivity index (χ4n) is 1.83. The molecule has 0 nitrogen and oxygen atoms in total. The first kappa shape index (κ1) is 16.2. The van der Waals surface area contributed by atoms with E-state index in [1.54, 1.807) is 0 Å². The van der Waals surface area contributed by atoms with Gasteiger partial charge in [0.2, 0.25) is 0 Å². The van der Waals surface area contributed by atoms with E-state index in [2.05, 4.69) is 89.2 Å². The van der Waals surface area contributed by atoms with Gasteiger partial charge >= 0.3 is 0 Å². The molecule has 0 saturated heterocycles. The first-order chi connectivity index (χ1) is 9.49. The third kappa shape index (κ3) is 6.38. The summed E-state index contributed by atoms with van der Waals surface area (Å²) in [5.41, 5.74) is 5.38. The highest BCUT2D eigenvalue weighted by Crippen LogP contribution is 2.13. The van der Waals surface area contributed by atoms with Crippen molar-refractivity contribution in [3.8, 4) is 0 Å². The maximum Gasteiger partial charge on any atom is -0.0219 e. The van der Waals surface area contributed by atoms with Gasteiger partial charge in [0.1, 0.15) is 0 Å². The quantitative estimate of drug-likeness (QED) is 0.604. The maximum absolute atomic E-state index is 2.21. The second kappa shape index (κ2) is 8.37. The van der Waals surface area contributed by atoms with Crippen molar-refractivity contribution in [1.82, 2.24) is 0 Å². The zero-order chi connectivity index (χ0) is 15.0. The van der Waals surface area contributed by atoms with E-state index in [9.17, 15) is 0 Å². The molecule has 0 radical (unpaired) electrons. The van der Waals surface area contributed by atoms with Gasteiger partial charge < -0.3 is 0 Å². The average Bonchev–Trinajstić information content (AvgIpc) is 2.40. The van der Waals surface area contributed by atoms with Gasteiger partial charge in [-0.15, -0.1) is 0 Å². The molecule has 0 amide bonds. The number of aryl methyl sites for hydroxylation is 1. The highest BCUT2D eigenvalue weighted by atomic mass is 14.0. The lowest BCUT2D eigenvalue weighted by molar-refractivity contribution is 0.866. The molecular formula is C20H26. The molecule has 0 bridgehead atoms. The monoisotopic (exact) mass is 266 g/mol. The molecule has 0 aromatic heterocycles. The summed E-state index contributed by atoms with van der Waals surface area (Å²) in [6, 6.07) is 19.1. The number of rotatable bonds is 2. The Morgan fingerprint density at radius 2 is 1.40 bits per heavy atom. The minimum absolute atomic E-state index is 0.653. The van der Waals surface area contributed by atoms with Crippen molar-refractivity contribution >= 4 is 6.08 Å². The molecule has 0 saturated carbocycles. The summed E-state index contributed by atoms with van der Waals surface area (Å²) in [4.78, 5) is 0. The Bertz CT molecular complexity index is 512. The molecule has 0 aliphatic rings. The summed E-state index contributed by atoms with van der Waals surface area (Å²) in [6.07, 6.45) is 2.17. The van der Waals surface area contributed by atoms with Crippen LogP contribution in [-0.4, -0.2) is 0 Å². The van der Waals surface area contributed by atoms with Crippen LogP contribution in [0.4, 0.5) is 0 Å². The van der Waals surface area contributed by atoms with Crippen LogP contribution in [0.5, 0.6) is 0 Å². The molecule has 0 spiro atoms. The average molecular weight is 266 g/mol. The van der Waals surface area contributed by atoms with Gasteiger partial charge in [-0.2, -0.15) is 0 Å². The van der Waals surface area contributed by atoms with Crippen molar-refractivity contribution < 1.29 is 0 Å². The predicted molar refractivity (Wildman–Crippen MR) is 91.0 cm³/mol. The lowest BCUT2D eigenvalue weighted by atomic mass is 10.0. The van der Waals surface area contributed by atoms with E-state index in [1.807, 2.05) is 6.07 Å². The van der Waals surface area contributed by atoms with Gasteiger partial charge in [0.15, 0.2) is 0 Å². The molecule has 0 unspecified atom stereocenters. The number of allylic oxidation sites excluding steroid dienone is 1. The molecule has 0 fully saturated rings. The van der Waals surface area contributed by atoms with Crippen LogP contribution in [0.1, 0.15) is 50.3 Å². The first-order valence-corrected chi connectivity index (χ1v) is 7.25. The Kier molecular flexibility index (Phi) is 6.79. The Balaban J connectivity index is 0.000000200. The van der Waals surface area contributed by atoms with Crippen molar-refractivity contribution in [1.29, 1.82) is 0 Å². The normalized spacial score (nSPS) is 9.70. The fourth-order valence-corrected chi connectivity index (χ4v) is 1.83. The molecule has 0 aliphatic heterocycles. The topological polar surface area (TPSA) is 0 Å². The zero-order valence-electron chi connectivity index (χ0n) is 13.4. The maximum atomic E-state index is 2.21. The van der Waals surface area contributed by atoms with Crippen molar-refractivity contribution in [2.75, 3.05) is 0 Å². The summed E-state index contributed by atoms with van der Waals surface area (Å²) in [6.45, 7) is 10.7. The van der Waals surface area contributed by atoms with Crippen molar-refractivity contribution in [2.24, 2.45) is 0 Å².